The minimum atomic E-state index is -0.167. The first-order valence-electron chi connectivity index (χ1n) is 7.54. The van der Waals surface area contributed by atoms with Crippen LogP contribution in [0.5, 0.6) is 0 Å². The van der Waals surface area contributed by atoms with Crippen molar-refractivity contribution in [3.05, 3.63) is 61.2 Å². The van der Waals surface area contributed by atoms with Crippen molar-refractivity contribution in [2.24, 2.45) is 36.2 Å². The molecule has 0 amide bonds. The van der Waals surface area contributed by atoms with E-state index in [1.54, 1.807) is 0 Å². The highest BCUT2D eigenvalue weighted by atomic mass is 16.4. The standard InChI is InChI=1S/C16H11N7O6/c24-18-6-12-2-9(1-11(5-17-23-29)15(12)21-27)10-3-13(7-19-25)16(22-28)14(4-10)8-20-26/h1-8,24-26H/b17-5+,18-6+,19-7+,20-8+. The number of nitroso groups, excluding NO2 is 3. The van der Waals surface area contributed by atoms with E-state index in [0.29, 0.717) is 11.1 Å². The van der Waals surface area contributed by atoms with Gasteiger partial charge in [0.25, 0.3) is 0 Å². The summed E-state index contributed by atoms with van der Waals surface area (Å²) in [4.78, 5) is 32.7. The molecule has 2 aromatic carbocycles. The third-order valence-corrected chi connectivity index (χ3v) is 3.69. The summed E-state index contributed by atoms with van der Waals surface area (Å²) < 4.78 is 0. The topological polar surface area (TPSA) is 198 Å². The van der Waals surface area contributed by atoms with Gasteiger partial charge in [0, 0.05) is 22.3 Å². The average molecular weight is 397 g/mol. The molecule has 0 atom stereocenters. The zero-order valence-corrected chi connectivity index (χ0v) is 14.3. The minimum absolute atomic E-state index is 0.0827. The fourth-order valence-corrected chi connectivity index (χ4v) is 2.57. The minimum Gasteiger partial charge on any atom is -0.411 e. The molecule has 0 saturated carbocycles. The van der Waals surface area contributed by atoms with Crippen molar-refractivity contribution in [3.8, 4) is 11.1 Å². The second-order valence-electron chi connectivity index (χ2n) is 5.25. The summed E-state index contributed by atoms with van der Waals surface area (Å²) in [6, 6.07) is 5.69. The maximum atomic E-state index is 11.2. The van der Waals surface area contributed by atoms with Crippen molar-refractivity contribution in [1.29, 1.82) is 0 Å². The highest BCUT2D eigenvalue weighted by Crippen LogP contribution is 2.33. The third-order valence-electron chi connectivity index (χ3n) is 3.69. The summed E-state index contributed by atoms with van der Waals surface area (Å²) >= 11 is 0. The Morgan fingerprint density at radius 3 is 1.21 bits per heavy atom. The van der Waals surface area contributed by atoms with Crippen molar-refractivity contribution in [3.63, 3.8) is 0 Å². The van der Waals surface area contributed by atoms with Crippen LogP contribution in [0, 0.1) is 14.7 Å². The normalized spacial score (nSPS) is 11.7. The molecule has 0 radical (unpaired) electrons. The SMILES string of the molecule is O=N/N=C/c1cc(-c2cc(/C=N/O)c(N=O)c(/C=N/O)c2)cc(/C=N/O)c1N=O. The fraction of sp³-hybridized carbons (Fsp3) is 0. The van der Waals surface area contributed by atoms with Gasteiger partial charge in [-0.2, -0.15) is 0 Å². The lowest BCUT2D eigenvalue weighted by molar-refractivity contribution is 0.321. The highest BCUT2D eigenvalue weighted by Gasteiger charge is 2.15. The van der Waals surface area contributed by atoms with E-state index in [9.17, 15) is 14.7 Å². The van der Waals surface area contributed by atoms with Crippen LogP contribution in [0.4, 0.5) is 11.4 Å². The zero-order chi connectivity index (χ0) is 21.2. The highest BCUT2D eigenvalue weighted by molar-refractivity contribution is 6.01. The van der Waals surface area contributed by atoms with Gasteiger partial charge in [0.15, 0.2) is 0 Å². The molecule has 0 fully saturated rings. The summed E-state index contributed by atoms with van der Waals surface area (Å²) in [5.74, 6) is 0. The van der Waals surface area contributed by atoms with Crippen LogP contribution in [0.25, 0.3) is 11.1 Å². The summed E-state index contributed by atoms with van der Waals surface area (Å²) in [6.45, 7) is 0. The zero-order valence-electron chi connectivity index (χ0n) is 14.3. The van der Waals surface area contributed by atoms with E-state index in [2.05, 4.69) is 36.2 Å². The Labute approximate surface area is 161 Å². The monoisotopic (exact) mass is 397 g/mol. The Kier molecular flexibility index (Phi) is 7.02. The van der Waals surface area contributed by atoms with Crippen molar-refractivity contribution in [2.75, 3.05) is 0 Å². The van der Waals surface area contributed by atoms with E-state index in [1.165, 1.54) is 24.3 Å². The molecule has 2 rings (SSSR count). The number of oxime groups is 3. The van der Waals surface area contributed by atoms with E-state index < -0.39 is 0 Å². The third kappa shape index (κ3) is 4.54. The Hall–Kier alpha value is -4.68. The van der Waals surface area contributed by atoms with Crippen LogP contribution in [-0.4, -0.2) is 40.5 Å². The van der Waals surface area contributed by atoms with Gasteiger partial charge in [-0.3, -0.25) is 0 Å². The maximum absolute atomic E-state index is 11.2. The van der Waals surface area contributed by atoms with Crippen LogP contribution in [0.1, 0.15) is 22.3 Å². The van der Waals surface area contributed by atoms with Crippen LogP contribution in [0.15, 0.2) is 60.5 Å². The summed E-state index contributed by atoms with van der Waals surface area (Å²) in [5, 5.41) is 46.4. The number of hydrogen-bond acceptors (Lipinski definition) is 12. The van der Waals surface area contributed by atoms with E-state index in [0.717, 1.165) is 24.9 Å². The molecule has 0 aromatic heterocycles. The van der Waals surface area contributed by atoms with E-state index in [4.69, 9.17) is 15.6 Å². The van der Waals surface area contributed by atoms with E-state index >= 15 is 0 Å². The first-order valence-corrected chi connectivity index (χ1v) is 7.54. The van der Waals surface area contributed by atoms with Crippen molar-refractivity contribution in [1.82, 2.24) is 0 Å². The Balaban J connectivity index is 2.86. The maximum Gasteiger partial charge on any atom is 0.125 e. The van der Waals surface area contributed by atoms with Crippen LogP contribution < -0.4 is 0 Å². The average Bonchev–Trinajstić information content (AvgIpc) is 2.72. The predicted molar refractivity (Wildman–Crippen MR) is 104 cm³/mol. The van der Waals surface area contributed by atoms with Gasteiger partial charge >= 0.3 is 0 Å². The predicted octanol–water partition coefficient (Wildman–Crippen LogP) is 3.67. The fourth-order valence-electron chi connectivity index (χ4n) is 2.57. The second kappa shape index (κ2) is 9.86. The van der Waals surface area contributed by atoms with E-state index in [-0.39, 0.29) is 33.6 Å². The summed E-state index contributed by atoms with van der Waals surface area (Å²) in [5.41, 5.74) is 0.806. The largest absolute Gasteiger partial charge is 0.411 e. The lowest BCUT2D eigenvalue weighted by Crippen LogP contribution is -1.95. The molecule has 0 heterocycles. The molecule has 0 unspecified atom stereocenters. The Bertz CT molecular complexity index is 1030. The molecular weight excluding hydrogens is 386 g/mol. The van der Waals surface area contributed by atoms with Gasteiger partial charge in [0.1, 0.15) is 11.4 Å². The van der Waals surface area contributed by atoms with Gasteiger partial charge in [-0.05, 0) is 45.7 Å². The molecular formula is C16H11N7O6. The van der Waals surface area contributed by atoms with Crippen molar-refractivity contribution >= 4 is 36.2 Å². The van der Waals surface area contributed by atoms with Gasteiger partial charge in [0.2, 0.25) is 0 Å². The number of hydrogen-bond donors (Lipinski definition) is 3. The molecule has 2 aromatic rings. The number of nitrogens with zero attached hydrogens (tertiary/aromatic N) is 7. The second-order valence-corrected chi connectivity index (χ2v) is 5.25. The summed E-state index contributed by atoms with van der Waals surface area (Å²) in [7, 11) is 0. The molecule has 146 valence electrons. The van der Waals surface area contributed by atoms with Crippen LogP contribution in [-0.2, 0) is 0 Å². The van der Waals surface area contributed by atoms with Gasteiger partial charge in [-0.25, -0.2) is 0 Å². The lowest BCUT2D eigenvalue weighted by atomic mass is 9.95. The molecule has 0 aliphatic heterocycles. The first kappa shape index (κ1) is 20.6. The van der Waals surface area contributed by atoms with Crippen LogP contribution in [0.2, 0.25) is 0 Å². The molecule has 0 aliphatic carbocycles. The first-order chi connectivity index (χ1) is 14.1. The smallest absolute Gasteiger partial charge is 0.125 e. The Morgan fingerprint density at radius 1 is 0.586 bits per heavy atom. The molecule has 29 heavy (non-hydrogen) atoms. The molecule has 13 nitrogen and oxygen atoms in total. The van der Waals surface area contributed by atoms with Crippen LogP contribution >= 0.6 is 0 Å². The summed E-state index contributed by atoms with van der Waals surface area (Å²) in [6.07, 6.45) is 3.82. The van der Waals surface area contributed by atoms with Gasteiger partial charge in [-0.1, -0.05) is 15.5 Å². The molecule has 0 saturated heterocycles. The van der Waals surface area contributed by atoms with Gasteiger partial charge in [0.05, 0.1) is 30.1 Å². The van der Waals surface area contributed by atoms with Crippen LogP contribution in [0.3, 0.4) is 0 Å². The van der Waals surface area contributed by atoms with Gasteiger partial charge < -0.3 is 15.6 Å². The molecule has 13 heteroatoms. The number of benzene rings is 2. The number of rotatable bonds is 8. The molecule has 0 spiro atoms. The molecule has 0 bridgehead atoms. The van der Waals surface area contributed by atoms with Crippen molar-refractivity contribution < 1.29 is 15.6 Å². The lowest BCUT2D eigenvalue weighted by Gasteiger charge is -2.11. The van der Waals surface area contributed by atoms with Gasteiger partial charge in [-0.15, -0.1) is 19.8 Å². The van der Waals surface area contributed by atoms with Crippen molar-refractivity contribution in [2.45, 2.75) is 0 Å². The van der Waals surface area contributed by atoms with E-state index in [1.807, 2.05) is 0 Å². The molecule has 0 aliphatic rings. The molecule has 3 N–H and O–H groups in total. The Morgan fingerprint density at radius 2 is 0.931 bits per heavy atom. The quantitative estimate of drug-likeness (QED) is 0.262.